The van der Waals surface area contributed by atoms with Crippen LogP contribution in [0.5, 0.6) is 11.5 Å². The third-order valence-corrected chi connectivity index (χ3v) is 2.98. The van der Waals surface area contributed by atoms with Crippen LogP contribution in [0.3, 0.4) is 0 Å². The van der Waals surface area contributed by atoms with Crippen molar-refractivity contribution in [1.82, 2.24) is 0 Å². The highest BCUT2D eigenvalue weighted by atomic mass is 79.9. The van der Waals surface area contributed by atoms with E-state index in [-0.39, 0.29) is 5.75 Å². The van der Waals surface area contributed by atoms with Gasteiger partial charge < -0.3 is 9.84 Å². The van der Waals surface area contributed by atoms with E-state index in [4.69, 9.17) is 4.74 Å². The summed E-state index contributed by atoms with van der Waals surface area (Å²) in [6.07, 6.45) is 0. The highest BCUT2D eigenvalue weighted by Gasteiger charge is 2.06. The summed E-state index contributed by atoms with van der Waals surface area (Å²) in [4.78, 5) is 0. The predicted octanol–water partition coefficient (Wildman–Crippen LogP) is 3.32. The minimum absolute atomic E-state index is 0.283. The topological polar surface area (TPSA) is 29.5 Å². The first-order valence-corrected chi connectivity index (χ1v) is 4.97. The van der Waals surface area contributed by atoms with Gasteiger partial charge in [0.05, 0.1) is 11.6 Å². The van der Waals surface area contributed by atoms with Crippen LogP contribution in [-0.2, 0) is 0 Å². The second kappa shape index (κ2) is 3.50. The van der Waals surface area contributed by atoms with Crippen LogP contribution in [-0.4, -0.2) is 12.2 Å². The molecule has 0 aliphatic rings. The molecule has 0 aliphatic heterocycles. The average Bonchev–Trinajstić information content (AvgIpc) is 2.20. The number of hydrogen-bond donors (Lipinski definition) is 1. The number of phenolic OH excluding ortho intramolecular Hbond substituents is 1. The molecule has 0 aromatic heterocycles. The van der Waals surface area contributed by atoms with Gasteiger partial charge in [0.15, 0.2) is 0 Å². The SMILES string of the molecule is COc1ccc2c(O)cccc2c1Br. The molecular formula is C11H9BrO2. The van der Waals surface area contributed by atoms with Gasteiger partial charge in [-0.2, -0.15) is 0 Å². The molecule has 2 nitrogen and oxygen atoms in total. The summed E-state index contributed by atoms with van der Waals surface area (Å²) in [5.74, 6) is 1.05. The molecule has 0 unspecified atom stereocenters. The number of methoxy groups -OCH3 is 1. The maximum atomic E-state index is 9.60. The van der Waals surface area contributed by atoms with Gasteiger partial charge in [0, 0.05) is 10.8 Å². The summed E-state index contributed by atoms with van der Waals surface area (Å²) in [5, 5.41) is 11.4. The van der Waals surface area contributed by atoms with Gasteiger partial charge in [0.2, 0.25) is 0 Å². The lowest BCUT2D eigenvalue weighted by Gasteiger charge is -2.07. The molecule has 2 aromatic carbocycles. The number of ether oxygens (including phenoxy) is 1. The van der Waals surface area contributed by atoms with Crippen molar-refractivity contribution >= 4 is 26.7 Å². The molecule has 0 bridgehead atoms. The first-order valence-electron chi connectivity index (χ1n) is 4.18. The number of halogens is 1. The summed E-state index contributed by atoms with van der Waals surface area (Å²) in [5.41, 5.74) is 0. The van der Waals surface area contributed by atoms with Crippen molar-refractivity contribution < 1.29 is 9.84 Å². The molecule has 2 rings (SSSR count). The van der Waals surface area contributed by atoms with Crippen LogP contribution in [0.15, 0.2) is 34.8 Å². The van der Waals surface area contributed by atoms with Gasteiger partial charge >= 0.3 is 0 Å². The fraction of sp³-hybridized carbons (Fsp3) is 0.0909. The van der Waals surface area contributed by atoms with E-state index in [9.17, 15) is 5.11 Å². The minimum Gasteiger partial charge on any atom is -0.507 e. The van der Waals surface area contributed by atoms with E-state index in [0.29, 0.717) is 0 Å². The Balaban J connectivity index is 2.84. The first-order chi connectivity index (χ1) is 6.74. The molecule has 3 heteroatoms. The highest BCUT2D eigenvalue weighted by Crippen LogP contribution is 2.36. The Kier molecular flexibility index (Phi) is 2.33. The molecule has 0 fully saturated rings. The standard InChI is InChI=1S/C11H9BrO2/c1-14-10-6-5-7-8(11(10)12)3-2-4-9(7)13/h2-6,13H,1H3. The summed E-state index contributed by atoms with van der Waals surface area (Å²) in [6, 6.07) is 9.07. The average molecular weight is 253 g/mol. The molecular weight excluding hydrogens is 244 g/mol. The van der Waals surface area contributed by atoms with Gasteiger partial charge in [-0.1, -0.05) is 12.1 Å². The second-order valence-corrected chi connectivity index (χ2v) is 3.75. The molecule has 0 spiro atoms. The number of rotatable bonds is 1. The van der Waals surface area contributed by atoms with E-state index >= 15 is 0 Å². The number of phenols is 1. The zero-order valence-electron chi connectivity index (χ0n) is 7.62. The zero-order chi connectivity index (χ0) is 10.1. The Morgan fingerprint density at radius 3 is 2.64 bits per heavy atom. The Hall–Kier alpha value is -1.22. The van der Waals surface area contributed by atoms with Crippen LogP contribution in [0.1, 0.15) is 0 Å². The van der Waals surface area contributed by atoms with Gasteiger partial charge in [0.25, 0.3) is 0 Å². The second-order valence-electron chi connectivity index (χ2n) is 2.95. The molecule has 2 aromatic rings. The summed E-state index contributed by atoms with van der Waals surface area (Å²) >= 11 is 3.44. The summed E-state index contributed by atoms with van der Waals surface area (Å²) in [6.45, 7) is 0. The van der Waals surface area contributed by atoms with Gasteiger partial charge in [-0.05, 0) is 34.1 Å². The molecule has 0 saturated carbocycles. The van der Waals surface area contributed by atoms with E-state index in [1.54, 1.807) is 13.2 Å². The van der Waals surface area contributed by atoms with Gasteiger partial charge in [-0.3, -0.25) is 0 Å². The Morgan fingerprint density at radius 1 is 1.14 bits per heavy atom. The van der Waals surface area contributed by atoms with Crippen molar-refractivity contribution in [1.29, 1.82) is 0 Å². The van der Waals surface area contributed by atoms with Crippen LogP contribution in [0, 0.1) is 0 Å². The summed E-state index contributed by atoms with van der Waals surface area (Å²) < 4.78 is 6.03. The van der Waals surface area contributed by atoms with Crippen molar-refractivity contribution in [3.63, 3.8) is 0 Å². The first kappa shape index (κ1) is 9.34. The van der Waals surface area contributed by atoms with E-state index < -0.39 is 0 Å². The van der Waals surface area contributed by atoms with E-state index in [1.807, 2.05) is 24.3 Å². The van der Waals surface area contributed by atoms with Gasteiger partial charge in [-0.25, -0.2) is 0 Å². The van der Waals surface area contributed by atoms with Crippen LogP contribution < -0.4 is 4.74 Å². The third-order valence-electron chi connectivity index (χ3n) is 2.16. The fourth-order valence-electron chi connectivity index (χ4n) is 1.44. The number of fused-ring (bicyclic) bond motifs is 1. The maximum Gasteiger partial charge on any atom is 0.133 e. The number of benzene rings is 2. The number of hydrogen-bond acceptors (Lipinski definition) is 2. The lowest BCUT2D eigenvalue weighted by molar-refractivity contribution is 0.413. The summed E-state index contributed by atoms with van der Waals surface area (Å²) in [7, 11) is 1.62. The van der Waals surface area contributed by atoms with Crippen molar-refractivity contribution in [2.75, 3.05) is 7.11 Å². The maximum absolute atomic E-state index is 9.60. The van der Waals surface area contributed by atoms with Crippen LogP contribution in [0.2, 0.25) is 0 Å². The van der Waals surface area contributed by atoms with Crippen molar-refractivity contribution in [2.45, 2.75) is 0 Å². The normalized spacial score (nSPS) is 10.4. The quantitative estimate of drug-likeness (QED) is 0.844. The van der Waals surface area contributed by atoms with E-state index in [0.717, 1.165) is 21.0 Å². The van der Waals surface area contributed by atoms with Crippen molar-refractivity contribution in [2.24, 2.45) is 0 Å². The molecule has 0 aliphatic carbocycles. The lowest BCUT2D eigenvalue weighted by atomic mass is 10.1. The van der Waals surface area contributed by atoms with Crippen LogP contribution in [0.4, 0.5) is 0 Å². The molecule has 0 atom stereocenters. The van der Waals surface area contributed by atoms with Crippen molar-refractivity contribution in [3.8, 4) is 11.5 Å². The Morgan fingerprint density at radius 2 is 1.93 bits per heavy atom. The Bertz CT molecular complexity index is 480. The molecule has 72 valence electrons. The number of aromatic hydroxyl groups is 1. The molecule has 0 saturated heterocycles. The zero-order valence-corrected chi connectivity index (χ0v) is 9.21. The highest BCUT2D eigenvalue weighted by molar-refractivity contribution is 9.10. The molecule has 14 heavy (non-hydrogen) atoms. The molecule has 0 radical (unpaired) electrons. The van der Waals surface area contributed by atoms with Gasteiger partial charge in [-0.15, -0.1) is 0 Å². The minimum atomic E-state index is 0.283. The fourth-order valence-corrected chi connectivity index (χ4v) is 2.08. The monoisotopic (exact) mass is 252 g/mol. The van der Waals surface area contributed by atoms with Crippen LogP contribution in [0.25, 0.3) is 10.8 Å². The van der Waals surface area contributed by atoms with Gasteiger partial charge in [0.1, 0.15) is 11.5 Å². The van der Waals surface area contributed by atoms with E-state index in [2.05, 4.69) is 15.9 Å². The lowest BCUT2D eigenvalue weighted by Crippen LogP contribution is -1.85. The molecule has 0 amide bonds. The molecule has 0 heterocycles. The Labute approximate surface area is 90.3 Å². The smallest absolute Gasteiger partial charge is 0.133 e. The van der Waals surface area contributed by atoms with E-state index in [1.165, 1.54) is 0 Å². The predicted molar refractivity (Wildman–Crippen MR) is 59.9 cm³/mol. The largest absolute Gasteiger partial charge is 0.507 e. The van der Waals surface area contributed by atoms with Crippen LogP contribution >= 0.6 is 15.9 Å². The van der Waals surface area contributed by atoms with Crippen molar-refractivity contribution in [3.05, 3.63) is 34.8 Å². The third kappa shape index (κ3) is 1.34. The molecule has 1 N–H and O–H groups in total.